The number of anilines is 1. The number of aryl methyl sites for hydroxylation is 1. The molecule has 3 aromatic rings. The highest BCUT2D eigenvalue weighted by Gasteiger charge is 2.22. The van der Waals surface area contributed by atoms with Crippen molar-refractivity contribution in [2.75, 3.05) is 31.3 Å². The fraction of sp³-hybridized carbons (Fsp3) is 0.231. The second kappa shape index (κ2) is 13.0. The van der Waals surface area contributed by atoms with Crippen LogP contribution in [0, 0.1) is 6.92 Å². The number of nitrogens with one attached hydrogen (secondary N) is 1. The topological polar surface area (TPSA) is 107 Å². The first kappa shape index (κ1) is 29.3. The van der Waals surface area contributed by atoms with Gasteiger partial charge in [0.15, 0.2) is 11.5 Å². The number of halogens is 2. The predicted molar refractivity (Wildman–Crippen MR) is 152 cm³/mol. The largest absolute Gasteiger partial charge is 0.495 e. The molecule has 1 amide bonds. The molecule has 0 unspecified atom stereocenters. The van der Waals surface area contributed by atoms with Crippen LogP contribution in [0.25, 0.3) is 0 Å². The van der Waals surface area contributed by atoms with Crippen LogP contribution in [0.15, 0.2) is 64.2 Å². The summed E-state index contributed by atoms with van der Waals surface area (Å²) >= 11 is 9.62. The Hall–Kier alpha value is -3.28. The number of rotatable bonds is 11. The molecule has 0 bridgehead atoms. The predicted octanol–water partition coefficient (Wildman–Crippen LogP) is 4.92. The quantitative estimate of drug-likeness (QED) is 0.240. The number of hydrazone groups is 1. The highest BCUT2D eigenvalue weighted by Crippen LogP contribution is 2.37. The Labute approximate surface area is 235 Å². The van der Waals surface area contributed by atoms with E-state index < -0.39 is 22.5 Å². The van der Waals surface area contributed by atoms with Crippen molar-refractivity contribution in [3.05, 3.63) is 80.8 Å². The number of benzene rings is 3. The summed E-state index contributed by atoms with van der Waals surface area (Å²) in [6.07, 6.45) is 2.40. The Balaban J connectivity index is 1.68. The SMILES string of the molecule is COc1ccc(N(CC(=O)N/N=C\c2cc(Br)c(OCc3ccc(C)cc3)c(OC)c2)S(C)(=O)=O)cc1Cl. The first-order chi connectivity index (χ1) is 18.0. The number of amides is 1. The van der Waals surface area contributed by atoms with Crippen molar-refractivity contribution >= 4 is 55.4 Å². The standard InChI is InChI=1S/C26H27BrClN3O6S/c1-17-5-7-18(8-6-17)16-37-26-21(27)11-19(12-24(26)36-3)14-29-30-25(32)15-31(38(4,33)34)20-9-10-23(35-2)22(28)13-20/h5-14H,15-16H2,1-4H3,(H,30,32)/b29-14-. The van der Waals surface area contributed by atoms with Crippen LogP contribution >= 0.6 is 27.5 Å². The van der Waals surface area contributed by atoms with Crippen LogP contribution in [-0.2, 0) is 21.4 Å². The van der Waals surface area contributed by atoms with E-state index in [9.17, 15) is 13.2 Å². The lowest BCUT2D eigenvalue weighted by Crippen LogP contribution is -2.39. The van der Waals surface area contributed by atoms with Crippen molar-refractivity contribution in [1.29, 1.82) is 0 Å². The van der Waals surface area contributed by atoms with E-state index in [-0.39, 0.29) is 10.7 Å². The molecule has 1 N–H and O–H groups in total. The van der Waals surface area contributed by atoms with E-state index in [0.29, 0.717) is 33.9 Å². The summed E-state index contributed by atoms with van der Waals surface area (Å²) in [7, 11) is -0.822. The van der Waals surface area contributed by atoms with Crippen LogP contribution in [0.1, 0.15) is 16.7 Å². The molecule has 9 nitrogen and oxygen atoms in total. The van der Waals surface area contributed by atoms with Gasteiger partial charge in [-0.1, -0.05) is 41.4 Å². The van der Waals surface area contributed by atoms with E-state index in [2.05, 4.69) is 26.5 Å². The molecule has 0 spiro atoms. The van der Waals surface area contributed by atoms with E-state index in [1.54, 1.807) is 12.1 Å². The number of sulfonamides is 1. The smallest absolute Gasteiger partial charge is 0.260 e. The van der Waals surface area contributed by atoms with Crippen LogP contribution in [-0.4, -0.2) is 47.6 Å². The first-order valence-electron chi connectivity index (χ1n) is 11.2. The lowest BCUT2D eigenvalue weighted by molar-refractivity contribution is -0.119. The summed E-state index contributed by atoms with van der Waals surface area (Å²) in [6.45, 7) is 1.87. The van der Waals surface area contributed by atoms with Gasteiger partial charge in [-0.2, -0.15) is 5.10 Å². The van der Waals surface area contributed by atoms with Crippen LogP contribution in [0.5, 0.6) is 17.2 Å². The highest BCUT2D eigenvalue weighted by molar-refractivity contribution is 9.10. The fourth-order valence-electron chi connectivity index (χ4n) is 3.35. The Kier molecular flexibility index (Phi) is 10.0. The van der Waals surface area contributed by atoms with Crippen molar-refractivity contribution < 1.29 is 27.4 Å². The molecule has 0 aromatic heterocycles. The summed E-state index contributed by atoms with van der Waals surface area (Å²) in [5.41, 5.74) is 5.34. The lowest BCUT2D eigenvalue weighted by atomic mass is 10.2. The summed E-state index contributed by atoms with van der Waals surface area (Å²) in [4.78, 5) is 12.5. The first-order valence-corrected chi connectivity index (χ1v) is 14.2. The number of carbonyl (C=O) groups is 1. The van der Waals surface area contributed by atoms with Crippen LogP contribution in [0.3, 0.4) is 0 Å². The summed E-state index contributed by atoms with van der Waals surface area (Å²) in [5.74, 6) is 0.726. The number of ether oxygens (including phenoxy) is 3. The number of hydrogen-bond donors (Lipinski definition) is 1. The average molecular weight is 625 g/mol. The van der Waals surface area contributed by atoms with Crippen molar-refractivity contribution in [2.24, 2.45) is 5.10 Å². The summed E-state index contributed by atoms with van der Waals surface area (Å²) < 4.78 is 42.7. The Morgan fingerprint density at radius 2 is 1.76 bits per heavy atom. The lowest BCUT2D eigenvalue weighted by Gasteiger charge is -2.22. The van der Waals surface area contributed by atoms with E-state index in [1.807, 2.05) is 31.2 Å². The number of nitrogens with zero attached hydrogens (tertiary/aromatic N) is 2. The normalized spacial score (nSPS) is 11.3. The number of carbonyl (C=O) groups excluding carboxylic acids is 1. The van der Waals surface area contributed by atoms with Gasteiger partial charge in [0.1, 0.15) is 18.9 Å². The molecule has 38 heavy (non-hydrogen) atoms. The zero-order valence-corrected chi connectivity index (χ0v) is 24.4. The van der Waals surface area contributed by atoms with Gasteiger partial charge in [-0.15, -0.1) is 0 Å². The average Bonchev–Trinajstić information content (AvgIpc) is 2.86. The number of methoxy groups -OCH3 is 2. The molecule has 0 fully saturated rings. The molecule has 0 radical (unpaired) electrons. The van der Waals surface area contributed by atoms with Crippen molar-refractivity contribution in [2.45, 2.75) is 13.5 Å². The Morgan fingerprint density at radius 3 is 2.37 bits per heavy atom. The Morgan fingerprint density at radius 1 is 1.08 bits per heavy atom. The maximum Gasteiger partial charge on any atom is 0.260 e. The Bertz CT molecular complexity index is 1430. The van der Waals surface area contributed by atoms with Crippen LogP contribution in [0.4, 0.5) is 5.69 Å². The minimum atomic E-state index is -3.79. The molecule has 0 heterocycles. The van der Waals surface area contributed by atoms with Crippen molar-refractivity contribution in [1.82, 2.24) is 5.43 Å². The molecular weight excluding hydrogens is 598 g/mol. The molecule has 0 aliphatic rings. The molecule has 0 saturated heterocycles. The zero-order valence-electron chi connectivity index (χ0n) is 21.2. The van der Waals surface area contributed by atoms with Gasteiger partial charge in [-0.3, -0.25) is 9.10 Å². The molecule has 0 aliphatic carbocycles. The van der Waals surface area contributed by atoms with Crippen LogP contribution in [0.2, 0.25) is 5.02 Å². The zero-order chi connectivity index (χ0) is 27.9. The minimum absolute atomic E-state index is 0.211. The molecular formula is C26H27BrClN3O6S. The van der Waals surface area contributed by atoms with Crippen LogP contribution < -0.4 is 23.9 Å². The van der Waals surface area contributed by atoms with Crippen molar-refractivity contribution in [3.63, 3.8) is 0 Å². The second-order valence-corrected chi connectivity index (χ2v) is 11.4. The minimum Gasteiger partial charge on any atom is -0.495 e. The van der Waals surface area contributed by atoms with Gasteiger partial charge in [-0.05, 0) is 64.3 Å². The fourth-order valence-corrected chi connectivity index (χ4v) is 5.02. The third kappa shape index (κ3) is 7.86. The monoisotopic (exact) mass is 623 g/mol. The molecule has 0 atom stereocenters. The molecule has 12 heteroatoms. The van der Waals surface area contributed by atoms with E-state index in [4.69, 9.17) is 25.8 Å². The molecule has 202 valence electrons. The molecule has 0 saturated carbocycles. The third-order valence-electron chi connectivity index (χ3n) is 5.27. The van der Waals surface area contributed by atoms with E-state index in [0.717, 1.165) is 21.7 Å². The van der Waals surface area contributed by atoms with Gasteiger partial charge in [-0.25, -0.2) is 13.8 Å². The van der Waals surface area contributed by atoms with Gasteiger partial charge >= 0.3 is 0 Å². The third-order valence-corrected chi connectivity index (χ3v) is 7.29. The highest BCUT2D eigenvalue weighted by atomic mass is 79.9. The van der Waals surface area contributed by atoms with Gasteiger partial charge < -0.3 is 14.2 Å². The number of hydrogen-bond acceptors (Lipinski definition) is 7. The molecule has 3 aromatic carbocycles. The van der Waals surface area contributed by atoms with E-state index >= 15 is 0 Å². The second-order valence-electron chi connectivity index (χ2n) is 8.19. The van der Waals surface area contributed by atoms with Gasteiger partial charge in [0.25, 0.3) is 5.91 Å². The summed E-state index contributed by atoms with van der Waals surface area (Å²) in [5, 5.41) is 4.16. The summed E-state index contributed by atoms with van der Waals surface area (Å²) in [6, 6.07) is 15.9. The maximum atomic E-state index is 12.5. The van der Waals surface area contributed by atoms with Gasteiger partial charge in [0.05, 0.1) is 41.9 Å². The molecule has 0 aliphatic heterocycles. The molecule has 3 rings (SSSR count). The maximum absolute atomic E-state index is 12.5. The van der Waals surface area contributed by atoms with Gasteiger partial charge in [0, 0.05) is 0 Å². The van der Waals surface area contributed by atoms with Crippen molar-refractivity contribution in [3.8, 4) is 17.2 Å². The van der Waals surface area contributed by atoms with E-state index in [1.165, 1.54) is 38.6 Å². The van der Waals surface area contributed by atoms with Gasteiger partial charge in [0.2, 0.25) is 10.0 Å².